The van der Waals surface area contributed by atoms with E-state index in [0.29, 0.717) is 0 Å². The minimum Gasteiger partial charge on any atom is -0.368 e. The van der Waals surface area contributed by atoms with E-state index in [0.717, 1.165) is 36.1 Å². The van der Waals surface area contributed by atoms with Gasteiger partial charge in [-0.3, -0.25) is 4.79 Å². The molecule has 0 saturated carbocycles. The lowest BCUT2D eigenvalue weighted by Crippen LogP contribution is -2.35. The molecule has 0 aromatic heterocycles. The summed E-state index contributed by atoms with van der Waals surface area (Å²) in [4.78, 5) is 13.3. The molecule has 0 aliphatic rings. The summed E-state index contributed by atoms with van der Waals surface area (Å²) in [5.74, 6) is -0.300. The van der Waals surface area contributed by atoms with Gasteiger partial charge in [0.1, 0.15) is 0 Å². The molecule has 19 heavy (non-hydrogen) atoms. The Bertz CT molecular complexity index is 423. The molecular formula is C14H22BrN3O. The summed E-state index contributed by atoms with van der Waals surface area (Å²) in [6, 6.07) is 6.12. The van der Waals surface area contributed by atoms with Crippen LogP contribution >= 0.6 is 15.9 Å². The number of halogens is 1. The predicted molar refractivity (Wildman–Crippen MR) is 83.2 cm³/mol. The van der Waals surface area contributed by atoms with Crippen LogP contribution in [-0.4, -0.2) is 26.0 Å². The first-order valence-electron chi connectivity index (χ1n) is 6.54. The minimum absolute atomic E-state index is 0.257. The highest BCUT2D eigenvalue weighted by atomic mass is 79.9. The summed E-state index contributed by atoms with van der Waals surface area (Å²) < 4.78 is 1.01. The maximum Gasteiger partial charge on any atom is 0.236 e. The fourth-order valence-corrected chi connectivity index (χ4v) is 2.34. The van der Waals surface area contributed by atoms with Gasteiger partial charge in [0.2, 0.25) is 5.91 Å². The van der Waals surface area contributed by atoms with E-state index in [1.807, 2.05) is 19.2 Å². The number of carbonyl (C=O) groups is 1. The second kappa shape index (κ2) is 8.17. The summed E-state index contributed by atoms with van der Waals surface area (Å²) in [6.45, 7) is 4.00. The summed E-state index contributed by atoms with van der Waals surface area (Å²) in [5.41, 5.74) is 7.59. The molecule has 0 fully saturated rings. The van der Waals surface area contributed by atoms with Crippen LogP contribution in [0.2, 0.25) is 0 Å². The monoisotopic (exact) mass is 327 g/mol. The van der Waals surface area contributed by atoms with E-state index in [1.54, 1.807) is 0 Å². The third kappa shape index (κ3) is 5.20. The smallest absolute Gasteiger partial charge is 0.236 e. The first kappa shape index (κ1) is 16.0. The zero-order valence-electron chi connectivity index (χ0n) is 11.6. The highest BCUT2D eigenvalue weighted by Crippen LogP contribution is 2.25. The number of rotatable bonds is 8. The van der Waals surface area contributed by atoms with Crippen molar-refractivity contribution in [3.8, 4) is 0 Å². The van der Waals surface area contributed by atoms with E-state index in [-0.39, 0.29) is 12.5 Å². The molecule has 5 heteroatoms. The Balaban J connectivity index is 3.03. The van der Waals surface area contributed by atoms with Gasteiger partial charge in [-0.15, -0.1) is 0 Å². The van der Waals surface area contributed by atoms with E-state index in [2.05, 4.69) is 39.1 Å². The van der Waals surface area contributed by atoms with Crippen LogP contribution in [0.15, 0.2) is 22.7 Å². The highest BCUT2D eigenvalue weighted by Gasteiger charge is 2.13. The number of primary amides is 1. The Hall–Kier alpha value is -1.07. The average Bonchev–Trinajstić information content (AvgIpc) is 2.36. The summed E-state index contributed by atoms with van der Waals surface area (Å²) in [7, 11) is 1.91. The van der Waals surface area contributed by atoms with Crippen molar-refractivity contribution < 1.29 is 4.79 Å². The van der Waals surface area contributed by atoms with Crippen molar-refractivity contribution in [3.63, 3.8) is 0 Å². The Morgan fingerprint density at radius 3 is 2.79 bits per heavy atom. The molecule has 0 unspecified atom stereocenters. The molecule has 106 valence electrons. The van der Waals surface area contributed by atoms with Gasteiger partial charge in [0, 0.05) is 23.2 Å². The number of anilines is 1. The first-order valence-corrected chi connectivity index (χ1v) is 7.34. The zero-order valence-corrected chi connectivity index (χ0v) is 13.2. The van der Waals surface area contributed by atoms with Crippen molar-refractivity contribution in [2.75, 3.05) is 25.0 Å². The minimum atomic E-state index is -0.300. The number of nitrogens with one attached hydrogen (secondary N) is 1. The standard InChI is InChI=1S/C14H22BrN3O/c1-3-4-7-18(10-14(16)19)13-8-12(15)6-5-11(13)9-17-2/h5-6,8,17H,3-4,7,9-10H2,1-2H3,(H2,16,19). The molecule has 0 bridgehead atoms. The Labute approximate surface area is 123 Å². The number of nitrogens with zero attached hydrogens (tertiary/aromatic N) is 1. The van der Waals surface area contributed by atoms with Crippen molar-refractivity contribution in [2.45, 2.75) is 26.3 Å². The molecule has 0 aliphatic heterocycles. The Morgan fingerprint density at radius 1 is 1.47 bits per heavy atom. The van der Waals surface area contributed by atoms with E-state index in [1.165, 1.54) is 5.56 Å². The van der Waals surface area contributed by atoms with Gasteiger partial charge < -0.3 is 16.0 Å². The summed E-state index contributed by atoms with van der Waals surface area (Å²) in [5, 5.41) is 3.15. The molecule has 1 aromatic rings. The van der Waals surface area contributed by atoms with Gasteiger partial charge in [0.25, 0.3) is 0 Å². The number of unbranched alkanes of at least 4 members (excludes halogenated alkanes) is 1. The van der Waals surface area contributed by atoms with Crippen LogP contribution in [0.4, 0.5) is 5.69 Å². The summed E-state index contributed by atoms with van der Waals surface area (Å²) >= 11 is 3.49. The molecule has 1 aromatic carbocycles. The van der Waals surface area contributed by atoms with Crippen molar-refractivity contribution >= 4 is 27.5 Å². The van der Waals surface area contributed by atoms with Gasteiger partial charge in [0.15, 0.2) is 0 Å². The van der Waals surface area contributed by atoms with Crippen molar-refractivity contribution in [1.29, 1.82) is 0 Å². The SMILES string of the molecule is CCCCN(CC(N)=O)c1cc(Br)ccc1CNC. The quantitative estimate of drug-likeness (QED) is 0.770. The zero-order chi connectivity index (χ0) is 14.3. The lowest BCUT2D eigenvalue weighted by Gasteiger charge is -2.26. The highest BCUT2D eigenvalue weighted by molar-refractivity contribution is 9.10. The van der Waals surface area contributed by atoms with Crippen LogP contribution in [0, 0.1) is 0 Å². The van der Waals surface area contributed by atoms with Crippen molar-refractivity contribution in [1.82, 2.24) is 5.32 Å². The lowest BCUT2D eigenvalue weighted by molar-refractivity contribution is -0.116. The van der Waals surface area contributed by atoms with Crippen molar-refractivity contribution in [2.24, 2.45) is 5.73 Å². The first-order chi connectivity index (χ1) is 9.08. The fraction of sp³-hybridized carbons (Fsp3) is 0.500. The average molecular weight is 328 g/mol. The van der Waals surface area contributed by atoms with Gasteiger partial charge in [-0.05, 0) is 31.2 Å². The van der Waals surface area contributed by atoms with Gasteiger partial charge in [-0.25, -0.2) is 0 Å². The van der Waals surface area contributed by atoms with Crippen LogP contribution in [0.5, 0.6) is 0 Å². The molecule has 0 aliphatic carbocycles. The molecule has 1 rings (SSSR count). The third-order valence-electron chi connectivity index (χ3n) is 2.88. The number of carbonyl (C=O) groups excluding carboxylic acids is 1. The molecule has 0 saturated heterocycles. The van der Waals surface area contributed by atoms with E-state index < -0.39 is 0 Å². The third-order valence-corrected chi connectivity index (χ3v) is 3.38. The molecule has 0 spiro atoms. The maximum atomic E-state index is 11.3. The molecule has 4 nitrogen and oxygen atoms in total. The predicted octanol–water partition coefficient (Wildman–Crippen LogP) is 2.26. The van der Waals surface area contributed by atoms with E-state index in [4.69, 9.17) is 5.73 Å². The molecule has 3 N–H and O–H groups in total. The Kier molecular flexibility index (Phi) is 6.87. The van der Waals surface area contributed by atoms with Crippen LogP contribution < -0.4 is 16.0 Å². The largest absolute Gasteiger partial charge is 0.368 e. The molecule has 1 amide bonds. The van der Waals surface area contributed by atoms with Gasteiger partial charge in [0.05, 0.1) is 6.54 Å². The number of hydrogen-bond donors (Lipinski definition) is 2. The van der Waals surface area contributed by atoms with E-state index in [9.17, 15) is 4.79 Å². The fourth-order valence-electron chi connectivity index (χ4n) is 1.99. The molecular weight excluding hydrogens is 306 g/mol. The van der Waals surface area contributed by atoms with Gasteiger partial charge in [-0.2, -0.15) is 0 Å². The number of hydrogen-bond acceptors (Lipinski definition) is 3. The molecule has 0 atom stereocenters. The van der Waals surface area contributed by atoms with Crippen LogP contribution in [0.3, 0.4) is 0 Å². The molecule has 0 radical (unpaired) electrons. The van der Waals surface area contributed by atoms with Crippen LogP contribution in [0.25, 0.3) is 0 Å². The van der Waals surface area contributed by atoms with Gasteiger partial charge in [-0.1, -0.05) is 35.3 Å². The van der Waals surface area contributed by atoms with Crippen LogP contribution in [0.1, 0.15) is 25.3 Å². The number of benzene rings is 1. The Morgan fingerprint density at radius 2 is 2.21 bits per heavy atom. The topological polar surface area (TPSA) is 58.4 Å². The second-order valence-corrected chi connectivity index (χ2v) is 5.46. The van der Waals surface area contributed by atoms with Crippen molar-refractivity contribution in [3.05, 3.63) is 28.2 Å². The second-order valence-electron chi connectivity index (χ2n) is 4.54. The van der Waals surface area contributed by atoms with Crippen LogP contribution in [-0.2, 0) is 11.3 Å². The maximum absolute atomic E-state index is 11.3. The molecule has 0 heterocycles. The van der Waals surface area contributed by atoms with Gasteiger partial charge >= 0.3 is 0 Å². The number of nitrogens with two attached hydrogens (primary N) is 1. The normalized spacial score (nSPS) is 10.5. The number of amides is 1. The lowest BCUT2D eigenvalue weighted by atomic mass is 10.1. The van der Waals surface area contributed by atoms with E-state index >= 15 is 0 Å². The summed E-state index contributed by atoms with van der Waals surface area (Å²) in [6.07, 6.45) is 2.13.